The molecule has 0 amide bonds. The molecule has 10 heavy (non-hydrogen) atoms. The van der Waals surface area contributed by atoms with Crippen LogP contribution in [0.3, 0.4) is 0 Å². The predicted octanol–water partition coefficient (Wildman–Crippen LogP) is 1.90. The van der Waals surface area contributed by atoms with Crippen LogP contribution >= 0.6 is 7.57 Å². The van der Waals surface area contributed by atoms with E-state index in [4.69, 9.17) is 13.6 Å². The average molecular weight is 166 g/mol. The van der Waals surface area contributed by atoms with E-state index in [0.29, 0.717) is 0 Å². The van der Waals surface area contributed by atoms with Crippen molar-refractivity contribution in [2.45, 2.75) is 13.3 Å². The van der Waals surface area contributed by atoms with Gasteiger partial charge < -0.3 is 13.6 Å². The molecular weight excluding hydrogens is 151 g/mol. The maximum absolute atomic E-state index is 5.09. The molecule has 3 nitrogen and oxygen atoms in total. The van der Waals surface area contributed by atoms with Gasteiger partial charge in [0.05, 0.1) is 0 Å². The zero-order valence-corrected chi connectivity index (χ0v) is 7.85. The molecule has 0 fully saturated rings. The second-order valence-electron chi connectivity index (χ2n) is 1.68. The van der Waals surface area contributed by atoms with Gasteiger partial charge in [-0.15, -0.1) is 0 Å². The van der Waals surface area contributed by atoms with Crippen LogP contribution in [0.5, 0.6) is 0 Å². The Morgan fingerprint density at radius 1 is 1.10 bits per heavy atom. The highest BCUT2D eigenvalue weighted by Crippen LogP contribution is 2.47. The molecule has 0 saturated heterocycles. The van der Waals surface area contributed by atoms with E-state index in [1.54, 1.807) is 21.3 Å². The van der Waals surface area contributed by atoms with E-state index in [1.807, 2.05) is 12.7 Å². The Bertz CT molecular complexity index is 114. The highest BCUT2D eigenvalue weighted by atomic mass is 31.2. The van der Waals surface area contributed by atoms with Crippen molar-refractivity contribution in [1.82, 2.24) is 0 Å². The molecule has 0 heterocycles. The van der Waals surface area contributed by atoms with Crippen molar-refractivity contribution in [1.29, 1.82) is 0 Å². The van der Waals surface area contributed by atoms with Crippen LogP contribution in [0.15, 0.2) is 0 Å². The smallest absolute Gasteiger partial charge is 0.253 e. The van der Waals surface area contributed by atoms with E-state index >= 15 is 0 Å². The van der Waals surface area contributed by atoms with E-state index in [0.717, 1.165) is 6.42 Å². The molecule has 62 valence electrons. The van der Waals surface area contributed by atoms with Crippen LogP contribution in [-0.4, -0.2) is 27.1 Å². The summed E-state index contributed by atoms with van der Waals surface area (Å²) >= 11 is 0. The quantitative estimate of drug-likeness (QED) is 0.597. The lowest BCUT2D eigenvalue weighted by atomic mass is 10.6. The number of hydrogen-bond donors (Lipinski definition) is 0. The maximum Gasteiger partial charge on any atom is 0.253 e. The zero-order valence-electron chi connectivity index (χ0n) is 6.96. The SMILES string of the molecule is CCC=P(OC)(OC)OC. The molecule has 0 atom stereocenters. The monoisotopic (exact) mass is 166 g/mol. The van der Waals surface area contributed by atoms with Gasteiger partial charge in [-0.3, -0.25) is 0 Å². The van der Waals surface area contributed by atoms with Gasteiger partial charge in [0, 0.05) is 21.3 Å². The van der Waals surface area contributed by atoms with Gasteiger partial charge >= 0.3 is 0 Å². The second-order valence-corrected chi connectivity index (χ2v) is 4.22. The first-order valence-corrected chi connectivity index (χ1v) is 4.76. The molecule has 0 unspecified atom stereocenters. The molecule has 0 aromatic heterocycles. The Balaban J connectivity index is 4.30. The molecule has 0 saturated carbocycles. The fraction of sp³-hybridized carbons (Fsp3) is 0.833. The summed E-state index contributed by atoms with van der Waals surface area (Å²) in [7, 11) is 2.71. The molecule has 0 aromatic rings. The Morgan fingerprint density at radius 3 is 1.60 bits per heavy atom. The third kappa shape index (κ3) is 2.43. The first kappa shape index (κ1) is 10.2. The standard InChI is InChI=1S/C6H15O3P/c1-5-6-10(7-2,8-3)9-4/h6H,5H2,1-4H3. The van der Waals surface area contributed by atoms with E-state index in [9.17, 15) is 0 Å². The third-order valence-corrected chi connectivity index (χ3v) is 3.51. The van der Waals surface area contributed by atoms with Crippen molar-refractivity contribution in [3.63, 3.8) is 0 Å². The molecule has 0 spiro atoms. The average Bonchev–Trinajstić information content (AvgIpc) is 2.01. The molecule has 0 rings (SSSR count). The molecule has 0 aromatic carbocycles. The lowest BCUT2D eigenvalue weighted by molar-refractivity contribution is 0.233. The summed E-state index contributed by atoms with van der Waals surface area (Å²) in [5.41, 5.74) is 0. The van der Waals surface area contributed by atoms with Gasteiger partial charge in [-0.25, -0.2) is 0 Å². The fourth-order valence-corrected chi connectivity index (χ4v) is 2.01. The highest BCUT2D eigenvalue weighted by molar-refractivity contribution is 7.60. The first-order valence-electron chi connectivity index (χ1n) is 3.15. The minimum absolute atomic E-state index is 0.892. The van der Waals surface area contributed by atoms with Crippen LogP contribution in [0, 0.1) is 0 Å². The zero-order chi connectivity index (χ0) is 8.04. The van der Waals surface area contributed by atoms with Gasteiger partial charge in [-0.2, -0.15) is 0 Å². The van der Waals surface area contributed by atoms with Crippen LogP contribution in [0.25, 0.3) is 0 Å². The van der Waals surface area contributed by atoms with Crippen LogP contribution in [-0.2, 0) is 13.6 Å². The summed E-state index contributed by atoms with van der Waals surface area (Å²) in [6.45, 7) is 2.02. The number of hydrogen-bond acceptors (Lipinski definition) is 3. The topological polar surface area (TPSA) is 27.7 Å². The van der Waals surface area contributed by atoms with Crippen LogP contribution < -0.4 is 0 Å². The molecule has 0 N–H and O–H groups in total. The van der Waals surface area contributed by atoms with Crippen LogP contribution in [0.1, 0.15) is 13.3 Å². The second kappa shape index (κ2) is 4.91. The molecule has 0 radical (unpaired) electrons. The molecular formula is C6H15O3P. The van der Waals surface area contributed by atoms with Gasteiger partial charge in [0.1, 0.15) is 0 Å². The van der Waals surface area contributed by atoms with E-state index in [-0.39, 0.29) is 0 Å². The van der Waals surface area contributed by atoms with Crippen molar-refractivity contribution >= 4 is 13.4 Å². The van der Waals surface area contributed by atoms with Crippen LogP contribution in [0.2, 0.25) is 0 Å². The van der Waals surface area contributed by atoms with Gasteiger partial charge in [-0.05, 0) is 12.2 Å². The summed E-state index contributed by atoms with van der Waals surface area (Å²) in [6, 6.07) is 0. The van der Waals surface area contributed by atoms with Crippen molar-refractivity contribution in [3.8, 4) is 0 Å². The summed E-state index contributed by atoms with van der Waals surface area (Å²) in [5, 5.41) is 0. The largest absolute Gasteiger partial charge is 0.321 e. The molecule has 0 aliphatic carbocycles. The number of rotatable bonds is 4. The van der Waals surface area contributed by atoms with Gasteiger partial charge in [0.2, 0.25) is 0 Å². The summed E-state index contributed by atoms with van der Waals surface area (Å²) in [5.74, 6) is 1.92. The van der Waals surface area contributed by atoms with Gasteiger partial charge in [0.15, 0.2) is 0 Å². The van der Waals surface area contributed by atoms with Gasteiger partial charge in [-0.1, -0.05) is 6.92 Å². The van der Waals surface area contributed by atoms with Crippen molar-refractivity contribution in [2.75, 3.05) is 21.3 Å². The molecule has 4 heteroatoms. The van der Waals surface area contributed by atoms with E-state index < -0.39 is 7.57 Å². The minimum Gasteiger partial charge on any atom is -0.321 e. The van der Waals surface area contributed by atoms with Crippen molar-refractivity contribution in [2.24, 2.45) is 0 Å². The summed E-state index contributed by atoms with van der Waals surface area (Å²) in [4.78, 5) is 0. The third-order valence-electron chi connectivity index (χ3n) is 1.17. The predicted molar refractivity (Wildman–Crippen MR) is 44.3 cm³/mol. The first-order chi connectivity index (χ1) is 4.74. The lowest BCUT2D eigenvalue weighted by Gasteiger charge is -2.18. The molecule has 0 bridgehead atoms. The minimum atomic E-state index is -2.06. The van der Waals surface area contributed by atoms with Crippen molar-refractivity contribution in [3.05, 3.63) is 0 Å². The fourth-order valence-electron chi connectivity index (χ4n) is 0.671. The summed E-state index contributed by atoms with van der Waals surface area (Å²) in [6.07, 6.45) is 0.892. The molecule has 0 aliphatic rings. The van der Waals surface area contributed by atoms with Gasteiger partial charge in [0.25, 0.3) is 7.57 Å². The molecule has 0 aliphatic heterocycles. The Morgan fingerprint density at radius 2 is 1.50 bits per heavy atom. The Labute approximate surface area is 62.5 Å². The Kier molecular flexibility index (Phi) is 5.00. The highest BCUT2D eigenvalue weighted by Gasteiger charge is 2.12. The summed E-state index contributed by atoms with van der Waals surface area (Å²) < 4.78 is 15.3. The lowest BCUT2D eigenvalue weighted by Crippen LogP contribution is -1.94. The maximum atomic E-state index is 5.09. The van der Waals surface area contributed by atoms with E-state index in [1.165, 1.54) is 0 Å². The normalized spacial score (nSPS) is 11.6. The van der Waals surface area contributed by atoms with E-state index in [2.05, 4.69) is 0 Å². The van der Waals surface area contributed by atoms with Crippen molar-refractivity contribution < 1.29 is 13.6 Å². The van der Waals surface area contributed by atoms with Crippen LogP contribution in [0.4, 0.5) is 0 Å². The Hall–Kier alpha value is 0.180.